The Bertz CT molecular complexity index is 380. The Morgan fingerprint density at radius 2 is 1.81 bits per heavy atom. The van der Waals surface area contributed by atoms with E-state index in [0.29, 0.717) is 5.56 Å². The van der Waals surface area contributed by atoms with Crippen LogP contribution >= 0.6 is 28.3 Å². The predicted molar refractivity (Wildman–Crippen MR) is 65.9 cm³/mol. The molecule has 4 nitrogen and oxygen atoms in total. The fourth-order valence-corrected chi connectivity index (χ4v) is 1.31. The van der Waals surface area contributed by atoms with Crippen molar-refractivity contribution in [2.75, 3.05) is 0 Å². The van der Waals surface area contributed by atoms with Gasteiger partial charge in [0.05, 0.1) is 0 Å². The molecule has 6 heteroatoms. The van der Waals surface area contributed by atoms with Gasteiger partial charge in [-0.25, -0.2) is 0 Å². The molecule has 1 atom stereocenters. The minimum absolute atomic E-state index is 0. The molecule has 1 aromatic rings. The molecule has 1 unspecified atom stereocenters. The molecule has 3 N–H and O–H groups in total. The molecule has 0 aliphatic carbocycles. The summed E-state index contributed by atoms with van der Waals surface area (Å²) in [7, 11) is 0. The lowest BCUT2D eigenvalue weighted by molar-refractivity contribution is -0.138. The van der Waals surface area contributed by atoms with E-state index in [1.807, 2.05) is 0 Å². The second-order valence-electron chi connectivity index (χ2n) is 3.08. The summed E-state index contributed by atoms with van der Waals surface area (Å²) < 4.78 is 0.863. The summed E-state index contributed by atoms with van der Waals surface area (Å²) in [6.45, 7) is 0. The third kappa shape index (κ3) is 4.30. The maximum atomic E-state index is 11.5. The monoisotopic (exact) mass is 307 g/mol. The van der Waals surface area contributed by atoms with Crippen molar-refractivity contribution in [3.8, 4) is 0 Å². The largest absolute Gasteiger partial charge is 0.480 e. The van der Waals surface area contributed by atoms with Crippen molar-refractivity contribution in [2.24, 2.45) is 5.73 Å². The van der Waals surface area contributed by atoms with Crippen LogP contribution in [0.25, 0.3) is 0 Å². The van der Waals surface area contributed by atoms with Gasteiger partial charge in [-0.2, -0.15) is 0 Å². The van der Waals surface area contributed by atoms with Crippen LogP contribution in [-0.4, -0.2) is 22.9 Å². The smallest absolute Gasteiger partial charge is 0.320 e. The lowest BCUT2D eigenvalue weighted by atomic mass is 10.0. The first-order chi connectivity index (χ1) is 7.00. The molecule has 0 aliphatic rings. The lowest BCUT2D eigenvalue weighted by Gasteiger charge is -2.05. The Balaban J connectivity index is 0.00000225. The van der Waals surface area contributed by atoms with Crippen molar-refractivity contribution in [2.45, 2.75) is 12.5 Å². The molecule has 0 bridgehead atoms. The molecule has 0 radical (unpaired) electrons. The van der Waals surface area contributed by atoms with Crippen LogP contribution < -0.4 is 5.73 Å². The Hall–Kier alpha value is -0.910. The maximum Gasteiger partial charge on any atom is 0.320 e. The molecule has 1 aromatic carbocycles. The normalized spacial score (nSPS) is 11.4. The standard InChI is InChI=1S/C10H10BrNO3.ClH/c11-7-3-1-6(2-4-7)9(13)5-8(12)10(14)15;/h1-4,8H,5,12H2,(H,14,15);1H. The van der Waals surface area contributed by atoms with Crippen molar-refractivity contribution >= 4 is 40.1 Å². The summed E-state index contributed by atoms with van der Waals surface area (Å²) in [5.41, 5.74) is 5.72. The van der Waals surface area contributed by atoms with Gasteiger partial charge in [0.2, 0.25) is 0 Å². The van der Waals surface area contributed by atoms with Gasteiger partial charge in [-0.15, -0.1) is 12.4 Å². The summed E-state index contributed by atoms with van der Waals surface area (Å²) in [5, 5.41) is 8.54. The highest BCUT2D eigenvalue weighted by Crippen LogP contribution is 2.12. The zero-order valence-electron chi connectivity index (χ0n) is 8.22. The van der Waals surface area contributed by atoms with Gasteiger partial charge < -0.3 is 10.8 Å². The van der Waals surface area contributed by atoms with Crippen molar-refractivity contribution < 1.29 is 14.7 Å². The van der Waals surface area contributed by atoms with Gasteiger partial charge in [0.1, 0.15) is 6.04 Å². The molecule has 0 aromatic heterocycles. The minimum atomic E-state index is -1.17. The molecule has 0 saturated carbocycles. The van der Waals surface area contributed by atoms with Crippen LogP contribution in [0.1, 0.15) is 16.8 Å². The molecule has 0 aliphatic heterocycles. The van der Waals surface area contributed by atoms with Gasteiger partial charge in [-0.3, -0.25) is 9.59 Å². The second kappa shape index (κ2) is 6.62. The highest BCUT2D eigenvalue weighted by Gasteiger charge is 2.17. The van der Waals surface area contributed by atoms with E-state index in [1.54, 1.807) is 24.3 Å². The molecule has 1 rings (SSSR count). The number of rotatable bonds is 4. The quantitative estimate of drug-likeness (QED) is 0.832. The van der Waals surface area contributed by atoms with Crippen LogP contribution in [0, 0.1) is 0 Å². The highest BCUT2D eigenvalue weighted by atomic mass is 79.9. The number of hydrogen-bond donors (Lipinski definition) is 2. The first-order valence-corrected chi connectivity index (χ1v) is 5.07. The van der Waals surface area contributed by atoms with Gasteiger partial charge in [0.25, 0.3) is 0 Å². The van der Waals surface area contributed by atoms with Crippen LogP contribution in [-0.2, 0) is 4.79 Å². The van der Waals surface area contributed by atoms with Crippen molar-refractivity contribution in [1.82, 2.24) is 0 Å². The third-order valence-corrected chi connectivity index (χ3v) is 2.42. The number of Topliss-reactive ketones (excluding diaryl/α,β-unsaturated/α-hetero) is 1. The molecule has 0 saturated heterocycles. The summed E-state index contributed by atoms with van der Waals surface area (Å²) in [4.78, 5) is 21.9. The zero-order chi connectivity index (χ0) is 11.4. The molecule has 0 spiro atoms. The van der Waals surface area contributed by atoms with E-state index in [4.69, 9.17) is 10.8 Å². The number of aliphatic carboxylic acids is 1. The van der Waals surface area contributed by atoms with Crippen LogP contribution in [0.3, 0.4) is 0 Å². The number of carboxylic acid groups (broad SMARTS) is 1. The maximum absolute atomic E-state index is 11.5. The van der Waals surface area contributed by atoms with E-state index in [-0.39, 0.29) is 24.6 Å². The molecule has 0 fully saturated rings. The molecular weight excluding hydrogens is 297 g/mol. The summed E-state index contributed by atoms with van der Waals surface area (Å²) in [6, 6.07) is 5.56. The van der Waals surface area contributed by atoms with Gasteiger partial charge in [-0.1, -0.05) is 28.1 Å². The second-order valence-corrected chi connectivity index (χ2v) is 3.99. The topological polar surface area (TPSA) is 80.4 Å². The number of halogens is 2. The van der Waals surface area contributed by atoms with Crippen molar-refractivity contribution in [1.29, 1.82) is 0 Å². The van der Waals surface area contributed by atoms with Gasteiger partial charge in [0, 0.05) is 16.5 Å². The Morgan fingerprint density at radius 1 is 1.31 bits per heavy atom. The van der Waals surface area contributed by atoms with E-state index in [0.717, 1.165) is 4.47 Å². The Kier molecular flexibility index (Phi) is 6.25. The van der Waals surface area contributed by atoms with Crippen LogP contribution in [0.15, 0.2) is 28.7 Å². The predicted octanol–water partition coefficient (Wildman–Crippen LogP) is 1.86. The zero-order valence-corrected chi connectivity index (χ0v) is 10.6. The number of nitrogens with two attached hydrogens (primary N) is 1. The van der Waals surface area contributed by atoms with Gasteiger partial charge >= 0.3 is 5.97 Å². The summed E-state index contributed by atoms with van der Waals surface area (Å²) in [5.74, 6) is -1.43. The van der Waals surface area contributed by atoms with Crippen LogP contribution in [0.5, 0.6) is 0 Å². The Morgan fingerprint density at radius 3 is 2.25 bits per heavy atom. The average molecular weight is 309 g/mol. The minimum Gasteiger partial charge on any atom is -0.480 e. The number of carbonyl (C=O) groups excluding carboxylic acids is 1. The summed E-state index contributed by atoms with van der Waals surface area (Å²) in [6.07, 6.45) is -0.184. The van der Waals surface area contributed by atoms with Gasteiger partial charge in [-0.05, 0) is 12.1 Å². The van der Waals surface area contributed by atoms with Crippen LogP contribution in [0.4, 0.5) is 0 Å². The average Bonchev–Trinajstić information content (AvgIpc) is 2.18. The van der Waals surface area contributed by atoms with Crippen molar-refractivity contribution in [3.63, 3.8) is 0 Å². The van der Waals surface area contributed by atoms with E-state index < -0.39 is 12.0 Å². The number of carboxylic acids is 1. The van der Waals surface area contributed by atoms with Gasteiger partial charge in [0.15, 0.2) is 5.78 Å². The molecule has 16 heavy (non-hydrogen) atoms. The third-order valence-electron chi connectivity index (χ3n) is 1.89. The van der Waals surface area contributed by atoms with E-state index in [9.17, 15) is 9.59 Å². The molecular formula is C10H11BrClNO3. The fourth-order valence-electron chi connectivity index (χ4n) is 1.04. The van der Waals surface area contributed by atoms with E-state index in [2.05, 4.69) is 15.9 Å². The fraction of sp³-hybridized carbons (Fsp3) is 0.200. The number of carbonyl (C=O) groups is 2. The van der Waals surface area contributed by atoms with Crippen LogP contribution in [0.2, 0.25) is 0 Å². The number of benzene rings is 1. The lowest BCUT2D eigenvalue weighted by Crippen LogP contribution is -2.32. The molecule has 88 valence electrons. The summed E-state index contributed by atoms with van der Waals surface area (Å²) >= 11 is 3.24. The molecule has 0 heterocycles. The SMILES string of the molecule is Cl.NC(CC(=O)c1ccc(Br)cc1)C(=O)O. The number of ketones is 1. The first kappa shape index (κ1) is 15.1. The molecule has 0 amide bonds. The van der Waals surface area contributed by atoms with Crippen molar-refractivity contribution in [3.05, 3.63) is 34.3 Å². The van der Waals surface area contributed by atoms with E-state index >= 15 is 0 Å². The Labute approximate surface area is 107 Å². The first-order valence-electron chi connectivity index (χ1n) is 4.28. The highest BCUT2D eigenvalue weighted by molar-refractivity contribution is 9.10. The van der Waals surface area contributed by atoms with E-state index in [1.165, 1.54) is 0 Å². The number of hydrogen-bond acceptors (Lipinski definition) is 3.